The van der Waals surface area contributed by atoms with Gasteiger partial charge in [0, 0.05) is 33.1 Å². The number of anilines is 1. The van der Waals surface area contributed by atoms with Crippen LogP contribution < -0.4 is 10.1 Å². The van der Waals surface area contributed by atoms with E-state index < -0.39 is 0 Å². The number of para-hydroxylation sites is 1. The molecule has 0 saturated heterocycles. The highest BCUT2D eigenvalue weighted by atomic mass is 32.1. The van der Waals surface area contributed by atoms with Gasteiger partial charge in [0.25, 0.3) is 5.91 Å². The maximum Gasteiger partial charge on any atom is 0.264 e. The van der Waals surface area contributed by atoms with Crippen molar-refractivity contribution in [3.63, 3.8) is 0 Å². The molecule has 0 fully saturated rings. The second-order valence-electron chi connectivity index (χ2n) is 6.63. The number of carbonyl (C=O) groups excluding carboxylic acids is 2. The number of ketones is 1. The number of carbonyl (C=O) groups is 2. The summed E-state index contributed by atoms with van der Waals surface area (Å²) in [5.41, 5.74) is 4.48. The molecule has 4 rings (SSSR count). The molecule has 0 radical (unpaired) electrons. The standard InChI is InChI=1S/C22H19N3O3S/c1-13-21(17-8-3-4-9-18(17)23-13)19-12-29-22(24-19)25-20(27)11-28-16-7-5-6-15(10-16)14(2)26/h3-10,12,23H,11H2,1-2H3,(H,24,25,27). The molecule has 2 aromatic heterocycles. The van der Waals surface area contributed by atoms with Crippen LogP contribution in [0.2, 0.25) is 0 Å². The Balaban J connectivity index is 1.44. The van der Waals surface area contributed by atoms with Crippen LogP contribution in [0.5, 0.6) is 5.75 Å². The minimum Gasteiger partial charge on any atom is -0.484 e. The number of thiazole rings is 1. The Morgan fingerprint density at radius 2 is 2.00 bits per heavy atom. The summed E-state index contributed by atoms with van der Waals surface area (Å²) in [5.74, 6) is 0.111. The summed E-state index contributed by atoms with van der Waals surface area (Å²) < 4.78 is 5.49. The molecule has 2 N–H and O–H groups in total. The van der Waals surface area contributed by atoms with E-state index in [0.29, 0.717) is 16.4 Å². The van der Waals surface area contributed by atoms with Gasteiger partial charge in [0.15, 0.2) is 17.5 Å². The van der Waals surface area contributed by atoms with Gasteiger partial charge in [-0.15, -0.1) is 11.3 Å². The summed E-state index contributed by atoms with van der Waals surface area (Å²) >= 11 is 1.36. The number of ether oxygens (including phenoxy) is 1. The first-order chi connectivity index (χ1) is 14.0. The monoisotopic (exact) mass is 405 g/mol. The van der Waals surface area contributed by atoms with Crippen LogP contribution in [-0.2, 0) is 4.79 Å². The normalized spacial score (nSPS) is 10.8. The van der Waals surface area contributed by atoms with Crippen molar-refractivity contribution in [2.24, 2.45) is 0 Å². The van der Waals surface area contributed by atoms with Crippen molar-refractivity contribution in [3.8, 4) is 17.0 Å². The number of amides is 1. The first-order valence-electron chi connectivity index (χ1n) is 9.08. The Kier molecular flexibility index (Phi) is 5.14. The van der Waals surface area contributed by atoms with Gasteiger partial charge in [-0.2, -0.15) is 0 Å². The van der Waals surface area contributed by atoms with E-state index >= 15 is 0 Å². The van der Waals surface area contributed by atoms with E-state index in [1.54, 1.807) is 24.3 Å². The largest absolute Gasteiger partial charge is 0.484 e. The molecule has 7 heteroatoms. The van der Waals surface area contributed by atoms with Crippen molar-refractivity contribution in [1.29, 1.82) is 0 Å². The Labute approximate surface area is 171 Å². The van der Waals surface area contributed by atoms with Crippen LogP contribution in [0, 0.1) is 6.92 Å². The van der Waals surface area contributed by atoms with Crippen LogP contribution in [0.15, 0.2) is 53.9 Å². The lowest BCUT2D eigenvalue weighted by Gasteiger charge is -2.06. The first-order valence-corrected chi connectivity index (χ1v) is 9.96. The number of H-pyrrole nitrogens is 1. The average Bonchev–Trinajstić information content (AvgIpc) is 3.29. The molecule has 6 nitrogen and oxygen atoms in total. The fourth-order valence-corrected chi connectivity index (χ4v) is 3.88. The molecule has 0 spiro atoms. The molecule has 1 amide bonds. The summed E-state index contributed by atoms with van der Waals surface area (Å²) in [6.45, 7) is 3.33. The van der Waals surface area contributed by atoms with Crippen molar-refractivity contribution in [3.05, 3.63) is 65.2 Å². The lowest BCUT2D eigenvalue weighted by atomic mass is 10.1. The molecule has 2 aromatic carbocycles. The van der Waals surface area contributed by atoms with E-state index in [0.717, 1.165) is 27.9 Å². The van der Waals surface area contributed by atoms with Crippen molar-refractivity contribution in [2.45, 2.75) is 13.8 Å². The molecule has 0 aliphatic carbocycles. The summed E-state index contributed by atoms with van der Waals surface area (Å²) in [4.78, 5) is 31.6. The Hall–Kier alpha value is -3.45. The molecular formula is C22H19N3O3S. The average molecular weight is 405 g/mol. The van der Waals surface area contributed by atoms with E-state index in [4.69, 9.17) is 4.74 Å². The van der Waals surface area contributed by atoms with E-state index in [-0.39, 0.29) is 18.3 Å². The zero-order valence-corrected chi connectivity index (χ0v) is 16.8. The number of hydrogen-bond acceptors (Lipinski definition) is 5. The number of hydrogen-bond donors (Lipinski definition) is 2. The quantitative estimate of drug-likeness (QED) is 0.451. The van der Waals surface area contributed by atoms with Crippen LogP contribution in [0.3, 0.4) is 0 Å². The molecule has 0 unspecified atom stereocenters. The third kappa shape index (κ3) is 4.05. The molecule has 0 aliphatic heterocycles. The van der Waals surface area contributed by atoms with Crippen molar-refractivity contribution in [1.82, 2.24) is 9.97 Å². The van der Waals surface area contributed by atoms with Crippen molar-refractivity contribution in [2.75, 3.05) is 11.9 Å². The minimum absolute atomic E-state index is 0.0530. The Morgan fingerprint density at radius 3 is 2.83 bits per heavy atom. The van der Waals surface area contributed by atoms with Crippen molar-refractivity contribution >= 4 is 39.1 Å². The topological polar surface area (TPSA) is 84.1 Å². The molecule has 4 aromatic rings. The summed E-state index contributed by atoms with van der Waals surface area (Å²) in [5, 5.41) is 6.30. The number of fused-ring (bicyclic) bond motifs is 1. The molecular weight excluding hydrogens is 386 g/mol. The van der Waals surface area contributed by atoms with Gasteiger partial charge >= 0.3 is 0 Å². The van der Waals surface area contributed by atoms with Gasteiger partial charge < -0.3 is 9.72 Å². The highest BCUT2D eigenvalue weighted by molar-refractivity contribution is 7.14. The first kappa shape index (κ1) is 18.9. The molecule has 0 bridgehead atoms. The second kappa shape index (κ2) is 7.89. The highest BCUT2D eigenvalue weighted by Gasteiger charge is 2.14. The van der Waals surface area contributed by atoms with Crippen LogP contribution >= 0.6 is 11.3 Å². The second-order valence-corrected chi connectivity index (χ2v) is 7.49. The maximum absolute atomic E-state index is 12.2. The number of rotatable bonds is 6. The van der Waals surface area contributed by atoms with Crippen LogP contribution in [0.25, 0.3) is 22.2 Å². The van der Waals surface area contributed by atoms with Crippen molar-refractivity contribution < 1.29 is 14.3 Å². The van der Waals surface area contributed by atoms with Crippen LogP contribution in [0.4, 0.5) is 5.13 Å². The van der Waals surface area contributed by atoms with E-state index in [9.17, 15) is 9.59 Å². The van der Waals surface area contributed by atoms with E-state index in [2.05, 4.69) is 21.4 Å². The Bertz CT molecular complexity index is 1210. The zero-order chi connectivity index (χ0) is 20.4. The predicted octanol–water partition coefficient (Wildman–Crippen LogP) is 4.82. The zero-order valence-electron chi connectivity index (χ0n) is 16.0. The third-order valence-electron chi connectivity index (χ3n) is 4.51. The number of aryl methyl sites for hydroxylation is 1. The molecule has 0 atom stereocenters. The number of nitrogens with one attached hydrogen (secondary N) is 2. The molecule has 0 aliphatic rings. The summed E-state index contributed by atoms with van der Waals surface area (Å²) in [7, 11) is 0. The SMILES string of the molecule is CC(=O)c1cccc(OCC(=O)Nc2nc(-c3c(C)[nH]c4ccccc34)cs2)c1. The number of aromatic amines is 1. The van der Waals surface area contributed by atoms with Crippen LogP contribution in [0.1, 0.15) is 23.0 Å². The minimum atomic E-state index is -0.310. The smallest absolute Gasteiger partial charge is 0.264 e. The summed E-state index contributed by atoms with van der Waals surface area (Å²) in [6.07, 6.45) is 0. The fraction of sp³-hybridized carbons (Fsp3) is 0.136. The van der Waals surface area contributed by atoms with Gasteiger partial charge in [0.05, 0.1) is 5.69 Å². The third-order valence-corrected chi connectivity index (χ3v) is 5.27. The van der Waals surface area contributed by atoms with Gasteiger partial charge in [0.1, 0.15) is 5.75 Å². The lowest BCUT2D eigenvalue weighted by Crippen LogP contribution is -2.20. The molecule has 29 heavy (non-hydrogen) atoms. The van der Waals surface area contributed by atoms with Gasteiger partial charge in [-0.25, -0.2) is 4.98 Å². The predicted molar refractivity (Wildman–Crippen MR) is 115 cm³/mol. The number of Topliss-reactive ketones (excluding diaryl/α,β-unsaturated/α-hetero) is 1. The number of nitrogens with zero attached hydrogens (tertiary/aromatic N) is 1. The number of benzene rings is 2. The van der Waals surface area contributed by atoms with Gasteiger partial charge in [-0.1, -0.05) is 30.3 Å². The van der Waals surface area contributed by atoms with E-state index in [1.165, 1.54) is 18.3 Å². The lowest BCUT2D eigenvalue weighted by molar-refractivity contribution is -0.118. The molecule has 146 valence electrons. The molecule has 0 saturated carbocycles. The molecule has 2 heterocycles. The summed E-state index contributed by atoms with van der Waals surface area (Å²) in [6, 6.07) is 14.8. The number of aromatic nitrogens is 2. The van der Waals surface area contributed by atoms with E-state index in [1.807, 2.05) is 30.5 Å². The highest BCUT2D eigenvalue weighted by Crippen LogP contribution is 2.33. The van der Waals surface area contributed by atoms with Gasteiger partial charge in [0.2, 0.25) is 0 Å². The van der Waals surface area contributed by atoms with Crippen LogP contribution in [-0.4, -0.2) is 28.3 Å². The fourth-order valence-electron chi connectivity index (χ4n) is 3.16. The van der Waals surface area contributed by atoms with Gasteiger partial charge in [-0.05, 0) is 32.0 Å². The van der Waals surface area contributed by atoms with Gasteiger partial charge in [-0.3, -0.25) is 14.9 Å². The Morgan fingerprint density at radius 1 is 1.17 bits per heavy atom. The maximum atomic E-state index is 12.2.